The topological polar surface area (TPSA) is 78.9 Å². The van der Waals surface area contributed by atoms with Gasteiger partial charge in [-0.3, -0.25) is 14.4 Å². The first-order chi connectivity index (χ1) is 38.0. The highest BCUT2D eigenvalue weighted by Gasteiger charge is 2.19. The van der Waals surface area contributed by atoms with Crippen molar-refractivity contribution < 1.29 is 28.6 Å². The predicted octanol–water partition coefficient (Wildman–Crippen LogP) is 22.2. The summed E-state index contributed by atoms with van der Waals surface area (Å²) in [5.74, 6) is -0.931. The second-order valence-corrected chi connectivity index (χ2v) is 21.3. The molecule has 440 valence electrons. The van der Waals surface area contributed by atoms with Crippen molar-refractivity contribution in [3.63, 3.8) is 0 Å². The summed E-state index contributed by atoms with van der Waals surface area (Å²) in [5.41, 5.74) is 0. The van der Waals surface area contributed by atoms with Crippen LogP contribution < -0.4 is 0 Å². The number of allylic oxidation sites excluding steroid dienone is 18. The molecule has 0 saturated heterocycles. The van der Waals surface area contributed by atoms with Gasteiger partial charge in [-0.2, -0.15) is 0 Å². The lowest BCUT2D eigenvalue weighted by Crippen LogP contribution is -2.30. The van der Waals surface area contributed by atoms with Crippen molar-refractivity contribution in [2.75, 3.05) is 13.2 Å². The Morgan fingerprint density at radius 1 is 0.273 bits per heavy atom. The molecule has 0 radical (unpaired) electrons. The summed E-state index contributed by atoms with van der Waals surface area (Å²) in [6, 6.07) is 0. The maximum atomic E-state index is 12.9. The smallest absolute Gasteiger partial charge is 0.306 e. The monoisotopic (exact) mass is 1070 g/mol. The number of hydrogen-bond donors (Lipinski definition) is 0. The molecule has 6 nitrogen and oxygen atoms in total. The molecule has 0 amide bonds. The summed E-state index contributed by atoms with van der Waals surface area (Å²) < 4.78 is 16.9. The van der Waals surface area contributed by atoms with Crippen molar-refractivity contribution in [2.45, 2.75) is 309 Å². The van der Waals surface area contributed by atoms with E-state index >= 15 is 0 Å². The number of hydrogen-bond acceptors (Lipinski definition) is 6. The third kappa shape index (κ3) is 62.8. The van der Waals surface area contributed by atoms with Crippen molar-refractivity contribution in [3.05, 3.63) is 109 Å². The van der Waals surface area contributed by atoms with Gasteiger partial charge in [0.1, 0.15) is 13.2 Å². The van der Waals surface area contributed by atoms with Crippen LogP contribution in [0.25, 0.3) is 0 Å². The van der Waals surface area contributed by atoms with E-state index in [9.17, 15) is 14.4 Å². The third-order valence-electron chi connectivity index (χ3n) is 13.7. The van der Waals surface area contributed by atoms with E-state index in [4.69, 9.17) is 14.2 Å². The van der Waals surface area contributed by atoms with Crippen LogP contribution >= 0.6 is 0 Å². The van der Waals surface area contributed by atoms with Gasteiger partial charge in [0.2, 0.25) is 0 Å². The van der Waals surface area contributed by atoms with Gasteiger partial charge in [-0.25, -0.2) is 0 Å². The minimum atomic E-state index is -0.799. The maximum absolute atomic E-state index is 12.9. The van der Waals surface area contributed by atoms with Crippen molar-refractivity contribution in [2.24, 2.45) is 0 Å². The van der Waals surface area contributed by atoms with Gasteiger partial charge in [0, 0.05) is 19.3 Å². The highest BCUT2D eigenvalue weighted by Crippen LogP contribution is 2.15. The fraction of sp³-hybridized carbons (Fsp3) is 0.704. The molecule has 0 aliphatic rings. The van der Waals surface area contributed by atoms with Crippen LogP contribution in [-0.2, 0) is 28.6 Å². The van der Waals surface area contributed by atoms with Gasteiger partial charge in [-0.05, 0) is 128 Å². The van der Waals surface area contributed by atoms with E-state index in [1.165, 1.54) is 148 Å². The second-order valence-electron chi connectivity index (χ2n) is 21.3. The molecule has 6 heteroatoms. The van der Waals surface area contributed by atoms with Crippen molar-refractivity contribution >= 4 is 17.9 Å². The van der Waals surface area contributed by atoms with Gasteiger partial charge < -0.3 is 14.2 Å². The summed E-state index contributed by atoms with van der Waals surface area (Å²) in [5, 5.41) is 0. The Hall–Kier alpha value is -3.93. The molecule has 1 atom stereocenters. The van der Waals surface area contributed by atoms with E-state index in [-0.39, 0.29) is 31.1 Å². The Bertz CT molecular complexity index is 1560. The van der Waals surface area contributed by atoms with Crippen LogP contribution in [0.1, 0.15) is 303 Å². The lowest BCUT2D eigenvalue weighted by molar-refractivity contribution is -0.167. The third-order valence-corrected chi connectivity index (χ3v) is 13.7. The lowest BCUT2D eigenvalue weighted by atomic mass is 10.1. The van der Waals surface area contributed by atoms with Gasteiger partial charge in [0.05, 0.1) is 0 Å². The van der Waals surface area contributed by atoms with Gasteiger partial charge in [-0.1, -0.05) is 265 Å². The molecule has 0 rings (SSSR count). The van der Waals surface area contributed by atoms with E-state index in [1.54, 1.807) is 0 Å². The van der Waals surface area contributed by atoms with E-state index in [0.29, 0.717) is 19.3 Å². The molecule has 0 fully saturated rings. The van der Waals surface area contributed by atoms with Crippen molar-refractivity contribution in [1.29, 1.82) is 0 Å². The molecule has 0 aromatic carbocycles. The largest absolute Gasteiger partial charge is 0.462 e. The van der Waals surface area contributed by atoms with Crippen molar-refractivity contribution in [1.82, 2.24) is 0 Å². The maximum Gasteiger partial charge on any atom is 0.306 e. The van der Waals surface area contributed by atoms with Gasteiger partial charge in [0.15, 0.2) is 6.10 Å². The minimum Gasteiger partial charge on any atom is -0.462 e. The van der Waals surface area contributed by atoms with E-state index in [2.05, 4.69) is 130 Å². The molecular formula is C71H120O6. The zero-order valence-corrected chi connectivity index (χ0v) is 50.4. The van der Waals surface area contributed by atoms with Gasteiger partial charge in [-0.15, -0.1) is 0 Å². The lowest BCUT2D eigenvalue weighted by Gasteiger charge is -2.18. The van der Waals surface area contributed by atoms with Crippen LogP contribution in [0.15, 0.2) is 109 Å². The van der Waals surface area contributed by atoms with E-state index < -0.39 is 6.10 Å². The summed E-state index contributed by atoms with van der Waals surface area (Å²) in [4.78, 5) is 38.3. The summed E-state index contributed by atoms with van der Waals surface area (Å²) in [6.07, 6.45) is 88.1. The molecule has 0 N–H and O–H groups in total. The number of ether oxygens (including phenoxy) is 3. The Kier molecular flexibility index (Phi) is 61.3. The molecular weight excluding hydrogens is 949 g/mol. The molecule has 77 heavy (non-hydrogen) atoms. The Labute approximate surface area is 476 Å². The molecule has 0 spiro atoms. The quantitative estimate of drug-likeness (QED) is 0.0261. The average molecular weight is 1070 g/mol. The average Bonchev–Trinajstić information content (AvgIpc) is 3.43. The summed E-state index contributed by atoms with van der Waals surface area (Å²) >= 11 is 0. The highest BCUT2D eigenvalue weighted by molar-refractivity contribution is 5.71. The standard InChI is InChI=1S/C71H120O6/c1-4-7-10-13-16-19-22-25-27-29-31-33-34-35-36-38-39-41-43-46-49-52-55-58-61-64-70(73)76-67-68(66-75-69(72)63-60-57-54-51-48-45-24-21-18-15-12-9-6-3)77-71(74)65-62-59-56-53-50-47-44-42-40-37-32-30-28-26-23-20-17-14-11-8-5-2/h7,10,16,19,21,24-25,27,30-33,35-36,39,41,46,49,68H,4-6,8-9,11-15,17-18,20,22-23,26,28-29,34,37-38,40,42-45,47-48,50-67H2,1-3H3/b10-7-,19-16-,24-21-,27-25-,32-30-,33-31-,36-35-,41-39-,49-46-. The van der Waals surface area contributed by atoms with E-state index in [0.717, 1.165) is 116 Å². The minimum absolute atomic E-state index is 0.0941. The number of unbranched alkanes of at least 4 members (excludes halogenated alkanes) is 29. The first-order valence-corrected chi connectivity index (χ1v) is 32.4. The molecule has 0 bridgehead atoms. The molecule has 0 aromatic heterocycles. The molecule has 1 unspecified atom stereocenters. The molecule has 0 aliphatic carbocycles. The van der Waals surface area contributed by atoms with Crippen LogP contribution in [-0.4, -0.2) is 37.2 Å². The number of carbonyl (C=O) groups is 3. The number of carbonyl (C=O) groups excluding carboxylic acids is 3. The number of esters is 3. The Morgan fingerprint density at radius 2 is 0.506 bits per heavy atom. The van der Waals surface area contributed by atoms with E-state index in [1.807, 2.05) is 0 Å². The zero-order valence-electron chi connectivity index (χ0n) is 50.4. The number of rotatable bonds is 58. The molecule has 0 aromatic rings. The fourth-order valence-electron chi connectivity index (χ4n) is 8.88. The first-order valence-electron chi connectivity index (χ1n) is 32.4. The van der Waals surface area contributed by atoms with Crippen LogP contribution in [0.2, 0.25) is 0 Å². The zero-order chi connectivity index (χ0) is 55.7. The first kappa shape index (κ1) is 73.1. The normalized spacial score (nSPS) is 12.8. The molecule has 0 saturated carbocycles. The Morgan fingerprint density at radius 3 is 0.831 bits per heavy atom. The fourth-order valence-corrected chi connectivity index (χ4v) is 8.88. The molecule has 0 aliphatic heterocycles. The van der Waals surface area contributed by atoms with Gasteiger partial charge >= 0.3 is 17.9 Å². The van der Waals surface area contributed by atoms with Crippen LogP contribution in [0, 0.1) is 0 Å². The van der Waals surface area contributed by atoms with Crippen molar-refractivity contribution in [3.8, 4) is 0 Å². The molecule has 0 heterocycles. The summed E-state index contributed by atoms with van der Waals surface area (Å²) in [7, 11) is 0. The van der Waals surface area contributed by atoms with Crippen LogP contribution in [0.5, 0.6) is 0 Å². The predicted molar refractivity (Wildman–Crippen MR) is 334 cm³/mol. The van der Waals surface area contributed by atoms with Gasteiger partial charge in [0.25, 0.3) is 0 Å². The summed E-state index contributed by atoms with van der Waals surface area (Å²) in [6.45, 7) is 6.49. The van der Waals surface area contributed by atoms with Crippen LogP contribution in [0.3, 0.4) is 0 Å². The SMILES string of the molecule is CC/C=C\C/C=C\C/C=C\C/C=C\C/C=C\C/C=C\C/C=C\CCCCCC(=O)OCC(COC(=O)CCCCCCC/C=C\CCCCCC)OC(=O)CCCCCCCCCCC/C=C\CCCCCCCCCC. The van der Waals surface area contributed by atoms with Crippen LogP contribution in [0.4, 0.5) is 0 Å². The highest BCUT2D eigenvalue weighted by atomic mass is 16.6. The Balaban J connectivity index is 4.41. The second kappa shape index (κ2) is 64.6.